The van der Waals surface area contributed by atoms with Crippen LogP contribution in [-0.2, 0) is 6.54 Å². The van der Waals surface area contributed by atoms with E-state index in [2.05, 4.69) is 15.3 Å². The van der Waals surface area contributed by atoms with Crippen LogP contribution in [-0.4, -0.2) is 20.9 Å². The Bertz CT molecular complexity index is 683. The summed E-state index contributed by atoms with van der Waals surface area (Å²) in [6, 6.07) is 9.07. The zero-order chi connectivity index (χ0) is 14.8. The molecular formula is C15H16N4O2. The molecule has 0 spiro atoms. The summed E-state index contributed by atoms with van der Waals surface area (Å²) in [5.74, 6) is 0.412. The van der Waals surface area contributed by atoms with Gasteiger partial charge in [0.2, 0.25) is 0 Å². The van der Waals surface area contributed by atoms with Crippen LogP contribution in [0.15, 0.2) is 30.3 Å². The molecule has 2 aromatic rings. The number of hydrogen-bond donors (Lipinski definition) is 1. The van der Waals surface area contributed by atoms with Gasteiger partial charge in [-0.1, -0.05) is 12.1 Å². The van der Waals surface area contributed by atoms with Gasteiger partial charge in [0.1, 0.15) is 0 Å². The Morgan fingerprint density at radius 2 is 2.10 bits per heavy atom. The summed E-state index contributed by atoms with van der Waals surface area (Å²) in [7, 11) is 0. The second-order valence-corrected chi connectivity index (χ2v) is 5.25. The highest BCUT2D eigenvalue weighted by Crippen LogP contribution is 2.27. The molecule has 6 heteroatoms. The van der Waals surface area contributed by atoms with Crippen LogP contribution in [0, 0.1) is 17.0 Å². The largest absolute Gasteiger partial charge is 0.308 e. The van der Waals surface area contributed by atoms with Crippen LogP contribution in [0.3, 0.4) is 0 Å². The number of aromatic nitrogens is 2. The van der Waals surface area contributed by atoms with Crippen LogP contribution in [0.4, 0.5) is 5.69 Å². The molecule has 1 aliphatic carbocycles. The Balaban J connectivity index is 1.95. The van der Waals surface area contributed by atoms with E-state index in [4.69, 9.17) is 0 Å². The number of benzene rings is 1. The standard InChI is InChI=1S/C15H16N4O2/c1-10-8-12(9-16-11-6-7-11)18-15(17-10)13-4-2-3-5-14(13)19(20)21/h2-5,8,11,16H,6-7,9H2,1H3. The first-order valence-electron chi connectivity index (χ1n) is 6.95. The van der Waals surface area contributed by atoms with E-state index < -0.39 is 4.92 Å². The Kier molecular flexibility index (Phi) is 3.62. The summed E-state index contributed by atoms with van der Waals surface area (Å²) in [6.45, 7) is 2.54. The lowest BCUT2D eigenvalue weighted by Gasteiger charge is -2.07. The molecule has 0 bridgehead atoms. The summed E-state index contributed by atoms with van der Waals surface area (Å²) in [6.07, 6.45) is 2.42. The van der Waals surface area contributed by atoms with Crippen molar-refractivity contribution in [2.24, 2.45) is 0 Å². The van der Waals surface area contributed by atoms with Gasteiger partial charge in [0.05, 0.1) is 16.2 Å². The highest BCUT2D eigenvalue weighted by Gasteiger charge is 2.21. The first kappa shape index (κ1) is 13.6. The first-order chi connectivity index (χ1) is 10.1. The van der Waals surface area contributed by atoms with Crippen molar-refractivity contribution in [1.82, 2.24) is 15.3 Å². The molecule has 0 unspecified atom stereocenters. The fraction of sp³-hybridized carbons (Fsp3) is 0.333. The van der Waals surface area contributed by atoms with Gasteiger partial charge < -0.3 is 5.32 Å². The van der Waals surface area contributed by atoms with E-state index in [-0.39, 0.29) is 5.69 Å². The fourth-order valence-electron chi connectivity index (χ4n) is 2.20. The van der Waals surface area contributed by atoms with Crippen LogP contribution in [0.1, 0.15) is 24.2 Å². The second kappa shape index (κ2) is 5.57. The number of nitrogens with zero attached hydrogens (tertiary/aromatic N) is 3. The topological polar surface area (TPSA) is 81.0 Å². The molecule has 0 amide bonds. The zero-order valence-corrected chi connectivity index (χ0v) is 11.7. The summed E-state index contributed by atoms with van der Waals surface area (Å²) in [4.78, 5) is 19.5. The van der Waals surface area contributed by atoms with Crippen molar-refractivity contribution in [2.45, 2.75) is 32.4 Å². The second-order valence-electron chi connectivity index (χ2n) is 5.25. The summed E-state index contributed by atoms with van der Waals surface area (Å²) in [5.41, 5.74) is 2.16. The normalized spacial score (nSPS) is 14.1. The van der Waals surface area contributed by atoms with E-state index in [1.54, 1.807) is 18.2 Å². The molecule has 1 fully saturated rings. The predicted octanol–water partition coefficient (Wildman–Crippen LogP) is 2.61. The highest BCUT2D eigenvalue weighted by molar-refractivity contribution is 5.67. The number of nitro groups is 1. The molecule has 1 saturated carbocycles. The third-order valence-corrected chi connectivity index (χ3v) is 3.40. The van der Waals surface area contributed by atoms with Crippen LogP contribution >= 0.6 is 0 Å². The van der Waals surface area contributed by atoms with Crippen LogP contribution in [0.2, 0.25) is 0 Å². The van der Waals surface area contributed by atoms with Gasteiger partial charge in [-0.15, -0.1) is 0 Å². The summed E-state index contributed by atoms with van der Waals surface area (Å²) < 4.78 is 0. The highest BCUT2D eigenvalue weighted by atomic mass is 16.6. The van der Waals surface area contributed by atoms with E-state index in [0.29, 0.717) is 24.0 Å². The van der Waals surface area contributed by atoms with Gasteiger partial charge in [-0.3, -0.25) is 10.1 Å². The van der Waals surface area contributed by atoms with Gasteiger partial charge in [-0.2, -0.15) is 0 Å². The number of para-hydroxylation sites is 1. The molecule has 21 heavy (non-hydrogen) atoms. The third kappa shape index (κ3) is 3.22. The van der Waals surface area contributed by atoms with Crippen LogP contribution < -0.4 is 5.32 Å². The SMILES string of the molecule is Cc1cc(CNC2CC2)nc(-c2ccccc2[N+](=O)[O-])n1. The monoisotopic (exact) mass is 284 g/mol. The van der Waals surface area contributed by atoms with Crippen molar-refractivity contribution in [3.8, 4) is 11.4 Å². The molecule has 0 atom stereocenters. The molecule has 6 nitrogen and oxygen atoms in total. The van der Waals surface area contributed by atoms with Gasteiger partial charge in [0.25, 0.3) is 5.69 Å². The Hall–Kier alpha value is -2.34. The average Bonchev–Trinajstić information content (AvgIpc) is 3.29. The minimum absolute atomic E-state index is 0.0317. The predicted molar refractivity (Wildman–Crippen MR) is 78.7 cm³/mol. The van der Waals surface area contributed by atoms with Crippen LogP contribution in [0.25, 0.3) is 11.4 Å². The molecule has 1 aromatic heterocycles. The lowest BCUT2D eigenvalue weighted by Crippen LogP contribution is -2.16. The maximum atomic E-state index is 11.1. The molecule has 0 radical (unpaired) electrons. The van der Waals surface area contributed by atoms with Gasteiger partial charge in [0.15, 0.2) is 5.82 Å². The summed E-state index contributed by atoms with van der Waals surface area (Å²) in [5, 5.41) is 14.5. The quantitative estimate of drug-likeness (QED) is 0.674. The summed E-state index contributed by atoms with van der Waals surface area (Å²) >= 11 is 0. The van der Waals surface area contributed by atoms with Gasteiger partial charge in [0, 0.05) is 24.3 Å². The zero-order valence-electron chi connectivity index (χ0n) is 11.7. The Labute approximate surface area is 122 Å². The first-order valence-corrected chi connectivity index (χ1v) is 6.95. The van der Waals surface area contributed by atoms with Crippen molar-refractivity contribution in [3.05, 3.63) is 51.8 Å². The van der Waals surface area contributed by atoms with Crippen molar-refractivity contribution in [1.29, 1.82) is 0 Å². The molecule has 108 valence electrons. The van der Waals surface area contributed by atoms with Crippen molar-refractivity contribution < 1.29 is 4.92 Å². The van der Waals surface area contributed by atoms with E-state index in [1.807, 2.05) is 13.0 Å². The fourth-order valence-corrected chi connectivity index (χ4v) is 2.20. The maximum absolute atomic E-state index is 11.1. The van der Waals surface area contributed by atoms with E-state index in [9.17, 15) is 10.1 Å². The Morgan fingerprint density at radius 1 is 1.33 bits per heavy atom. The minimum Gasteiger partial charge on any atom is -0.308 e. The van der Waals surface area contributed by atoms with Crippen molar-refractivity contribution in [2.75, 3.05) is 0 Å². The average molecular weight is 284 g/mol. The van der Waals surface area contributed by atoms with E-state index in [1.165, 1.54) is 18.9 Å². The molecule has 1 aromatic carbocycles. The number of aryl methyl sites for hydroxylation is 1. The molecule has 3 rings (SSSR count). The molecular weight excluding hydrogens is 268 g/mol. The molecule has 0 aliphatic heterocycles. The number of nitrogens with one attached hydrogen (secondary N) is 1. The van der Waals surface area contributed by atoms with Gasteiger partial charge in [-0.05, 0) is 31.9 Å². The lowest BCUT2D eigenvalue weighted by molar-refractivity contribution is -0.384. The van der Waals surface area contributed by atoms with E-state index in [0.717, 1.165) is 11.4 Å². The third-order valence-electron chi connectivity index (χ3n) is 3.40. The van der Waals surface area contributed by atoms with Gasteiger partial charge in [-0.25, -0.2) is 9.97 Å². The molecule has 1 N–H and O–H groups in total. The minimum atomic E-state index is -0.400. The molecule has 1 aliphatic rings. The Morgan fingerprint density at radius 3 is 2.81 bits per heavy atom. The van der Waals surface area contributed by atoms with Gasteiger partial charge >= 0.3 is 0 Å². The lowest BCUT2D eigenvalue weighted by atomic mass is 10.1. The molecule has 0 saturated heterocycles. The maximum Gasteiger partial charge on any atom is 0.280 e. The molecule has 1 heterocycles. The van der Waals surface area contributed by atoms with Crippen molar-refractivity contribution in [3.63, 3.8) is 0 Å². The number of hydrogen-bond acceptors (Lipinski definition) is 5. The van der Waals surface area contributed by atoms with Crippen LogP contribution in [0.5, 0.6) is 0 Å². The smallest absolute Gasteiger partial charge is 0.280 e. The number of nitro benzene ring substituents is 1. The van der Waals surface area contributed by atoms with E-state index >= 15 is 0 Å². The number of rotatable bonds is 5. The van der Waals surface area contributed by atoms with Crippen molar-refractivity contribution >= 4 is 5.69 Å².